The number of nitrogens with zero attached hydrogens (tertiary/aromatic N) is 1. The van der Waals surface area contributed by atoms with Crippen molar-refractivity contribution in [1.82, 2.24) is 10.3 Å². The van der Waals surface area contributed by atoms with Crippen LogP contribution in [0.3, 0.4) is 0 Å². The summed E-state index contributed by atoms with van der Waals surface area (Å²) in [5.41, 5.74) is 0.725. The summed E-state index contributed by atoms with van der Waals surface area (Å²) >= 11 is 7.79. The number of nitrogens with one attached hydrogen (secondary N) is 1. The Labute approximate surface area is 122 Å². The third-order valence-electron chi connectivity index (χ3n) is 2.97. The Kier molecular flexibility index (Phi) is 4.80. The van der Waals surface area contributed by atoms with Gasteiger partial charge in [0.2, 0.25) is 0 Å². The molecule has 0 amide bonds. The lowest BCUT2D eigenvalue weighted by molar-refractivity contribution is 0.460. The quantitative estimate of drug-likeness (QED) is 0.879. The fourth-order valence-electron chi connectivity index (χ4n) is 1.75. The van der Waals surface area contributed by atoms with Crippen LogP contribution >= 0.6 is 22.9 Å². The fourth-order valence-corrected chi connectivity index (χ4v) is 2.87. The molecule has 0 fully saturated rings. The third-order valence-corrected chi connectivity index (χ3v) is 4.65. The Bertz CT molecular complexity index is 536. The molecule has 0 aliphatic carbocycles. The molecule has 2 aromatic rings. The first-order valence-electron chi connectivity index (χ1n) is 6.26. The highest BCUT2D eigenvalue weighted by atomic mass is 35.5. The largest absolute Gasteiger partial charge is 0.508 e. The molecule has 1 atom stereocenters. The highest BCUT2D eigenvalue weighted by Crippen LogP contribution is 2.26. The van der Waals surface area contributed by atoms with Crippen LogP contribution < -0.4 is 5.32 Å². The summed E-state index contributed by atoms with van der Waals surface area (Å²) in [5.74, 6) is 0.223. The van der Waals surface area contributed by atoms with Crippen molar-refractivity contribution in [3.8, 4) is 5.75 Å². The molecule has 3 nitrogen and oxygen atoms in total. The number of halogens is 1. The van der Waals surface area contributed by atoms with Crippen molar-refractivity contribution in [2.45, 2.75) is 32.9 Å². The molecular formula is C14H17ClN2OS. The van der Waals surface area contributed by atoms with Gasteiger partial charge in [-0.3, -0.25) is 0 Å². The van der Waals surface area contributed by atoms with Crippen LogP contribution in [0.15, 0.2) is 24.4 Å². The molecule has 0 saturated carbocycles. The van der Waals surface area contributed by atoms with E-state index in [1.54, 1.807) is 29.5 Å². The summed E-state index contributed by atoms with van der Waals surface area (Å²) < 4.78 is 0. The molecular weight excluding hydrogens is 280 g/mol. The number of hydrogen-bond donors (Lipinski definition) is 2. The van der Waals surface area contributed by atoms with E-state index in [0.29, 0.717) is 11.6 Å². The Morgan fingerprint density at radius 1 is 1.47 bits per heavy atom. The van der Waals surface area contributed by atoms with E-state index >= 15 is 0 Å². The molecule has 0 aliphatic rings. The minimum absolute atomic E-state index is 0.140. The highest BCUT2D eigenvalue weighted by Gasteiger charge is 2.12. The van der Waals surface area contributed by atoms with Crippen LogP contribution in [0.1, 0.15) is 35.3 Å². The minimum Gasteiger partial charge on any atom is -0.508 e. The van der Waals surface area contributed by atoms with Crippen LogP contribution in [0.2, 0.25) is 5.02 Å². The summed E-state index contributed by atoms with van der Waals surface area (Å²) in [6.45, 7) is 4.71. The number of hydrogen-bond acceptors (Lipinski definition) is 4. The molecule has 2 N–H and O–H groups in total. The first kappa shape index (κ1) is 14.3. The monoisotopic (exact) mass is 296 g/mol. The standard InChI is InChI=1S/C14H17ClN2OS/c1-3-10-7-17-14(19-10)9(2)16-8-11-12(15)5-4-6-13(11)18/h4-7,9,16,18H,3,8H2,1-2H3. The number of benzene rings is 1. The van der Waals surface area contributed by atoms with Crippen LogP contribution in [0.25, 0.3) is 0 Å². The Morgan fingerprint density at radius 2 is 2.26 bits per heavy atom. The molecule has 19 heavy (non-hydrogen) atoms. The van der Waals surface area contributed by atoms with Gasteiger partial charge in [0.15, 0.2) is 0 Å². The lowest BCUT2D eigenvalue weighted by Gasteiger charge is -2.13. The average molecular weight is 297 g/mol. The lowest BCUT2D eigenvalue weighted by atomic mass is 10.2. The smallest absolute Gasteiger partial charge is 0.121 e. The summed E-state index contributed by atoms with van der Waals surface area (Å²) in [7, 11) is 0. The van der Waals surface area contributed by atoms with Crippen LogP contribution in [0.4, 0.5) is 0 Å². The van der Waals surface area contributed by atoms with E-state index in [1.165, 1.54) is 4.88 Å². The predicted octanol–water partition coefficient (Wildman–Crippen LogP) is 3.92. The predicted molar refractivity (Wildman–Crippen MR) is 79.9 cm³/mol. The molecule has 0 radical (unpaired) electrons. The molecule has 1 heterocycles. The zero-order chi connectivity index (χ0) is 13.8. The molecule has 1 unspecified atom stereocenters. The van der Waals surface area contributed by atoms with Gasteiger partial charge in [0.1, 0.15) is 10.8 Å². The Morgan fingerprint density at radius 3 is 2.89 bits per heavy atom. The van der Waals surface area contributed by atoms with Gasteiger partial charge in [0, 0.05) is 28.2 Å². The van der Waals surface area contributed by atoms with Gasteiger partial charge in [-0.25, -0.2) is 4.98 Å². The van der Waals surface area contributed by atoms with Crippen LogP contribution in [-0.2, 0) is 13.0 Å². The molecule has 5 heteroatoms. The maximum Gasteiger partial charge on any atom is 0.121 e. The van der Waals surface area contributed by atoms with E-state index in [1.807, 2.05) is 6.20 Å². The summed E-state index contributed by atoms with van der Waals surface area (Å²) in [5, 5.41) is 14.8. The second-order valence-electron chi connectivity index (χ2n) is 4.36. The van der Waals surface area contributed by atoms with Crippen LogP contribution in [0.5, 0.6) is 5.75 Å². The molecule has 102 valence electrons. The molecule has 1 aromatic carbocycles. The normalized spacial score (nSPS) is 12.6. The van der Waals surface area contributed by atoms with Crippen molar-refractivity contribution in [3.63, 3.8) is 0 Å². The first-order chi connectivity index (χ1) is 9.11. The van der Waals surface area contributed by atoms with E-state index in [-0.39, 0.29) is 11.8 Å². The van der Waals surface area contributed by atoms with E-state index in [2.05, 4.69) is 24.1 Å². The maximum absolute atomic E-state index is 9.78. The van der Waals surface area contributed by atoms with Crippen molar-refractivity contribution in [1.29, 1.82) is 0 Å². The fraction of sp³-hybridized carbons (Fsp3) is 0.357. The first-order valence-corrected chi connectivity index (χ1v) is 7.45. The van der Waals surface area contributed by atoms with Crippen molar-refractivity contribution >= 4 is 22.9 Å². The number of rotatable bonds is 5. The highest BCUT2D eigenvalue weighted by molar-refractivity contribution is 7.11. The zero-order valence-corrected chi connectivity index (χ0v) is 12.6. The third kappa shape index (κ3) is 3.47. The van der Waals surface area contributed by atoms with Crippen LogP contribution in [0, 0.1) is 0 Å². The zero-order valence-electron chi connectivity index (χ0n) is 11.0. The van der Waals surface area contributed by atoms with Crippen LogP contribution in [-0.4, -0.2) is 10.1 Å². The number of aromatic hydroxyl groups is 1. The molecule has 0 saturated heterocycles. The van der Waals surface area contributed by atoms with Gasteiger partial charge < -0.3 is 10.4 Å². The van der Waals surface area contributed by atoms with E-state index in [9.17, 15) is 5.11 Å². The summed E-state index contributed by atoms with van der Waals surface area (Å²) in [4.78, 5) is 5.69. The van der Waals surface area contributed by atoms with Crippen molar-refractivity contribution in [3.05, 3.63) is 44.9 Å². The maximum atomic E-state index is 9.78. The Balaban J connectivity index is 2.02. The number of phenols is 1. The van der Waals surface area contributed by atoms with Gasteiger partial charge in [0.25, 0.3) is 0 Å². The average Bonchev–Trinajstić information content (AvgIpc) is 2.86. The number of aromatic nitrogens is 1. The van der Waals surface area contributed by atoms with Gasteiger partial charge in [0.05, 0.1) is 6.04 Å². The minimum atomic E-state index is 0.140. The molecule has 1 aromatic heterocycles. The lowest BCUT2D eigenvalue weighted by Crippen LogP contribution is -2.18. The number of aryl methyl sites for hydroxylation is 1. The van der Waals surface area contributed by atoms with Gasteiger partial charge >= 0.3 is 0 Å². The topological polar surface area (TPSA) is 45.2 Å². The van der Waals surface area contributed by atoms with Gasteiger partial charge in [-0.1, -0.05) is 24.6 Å². The molecule has 2 rings (SSSR count). The van der Waals surface area contributed by atoms with Gasteiger partial charge in [-0.15, -0.1) is 11.3 Å². The van der Waals surface area contributed by atoms with E-state index < -0.39 is 0 Å². The van der Waals surface area contributed by atoms with Crippen molar-refractivity contribution < 1.29 is 5.11 Å². The second-order valence-corrected chi connectivity index (χ2v) is 5.91. The molecule has 0 spiro atoms. The number of thiazole rings is 1. The summed E-state index contributed by atoms with van der Waals surface area (Å²) in [6.07, 6.45) is 2.93. The van der Waals surface area contributed by atoms with Gasteiger partial charge in [-0.05, 0) is 25.5 Å². The van der Waals surface area contributed by atoms with E-state index in [4.69, 9.17) is 11.6 Å². The van der Waals surface area contributed by atoms with Crippen molar-refractivity contribution in [2.24, 2.45) is 0 Å². The Hall–Kier alpha value is -1.10. The second kappa shape index (κ2) is 6.37. The molecule has 0 aliphatic heterocycles. The SMILES string of the molecule is CCc1cnc(C(C)NCc2c(O)cccc2Cl)s1. The number of phenolic OH excluding ortho intramolecular Hbond substituents is 1. The van der Waals surface area contributed by atoms with Crippen molar-refractivity contribution in [2.75, 3.05) is 0 Å². The summed E-state index contributed by atoms with van der Waals surface area (Å²) in [6, 6.07) is 5.30. The van der Waals surface area contributed by atoms with Gasteiger partial charge in [-0.2, -0.15) is 0 Å². The molecule has 0 bridgehead atoms. The van der Waals surface area contributed by atoms with E-state index in [0.717, 1.165) is 17.0 Å².